The van der Waals surface area contributed by atoms with Gasteiger partial charge in [0.1, 0.15) is 0 Å². The molecule has 0 aliphatic carbocycles. The number of para-hydroxylation sites is 1. The first-order chi connectivity index (χ1) is 15.0. The van der Waals surface area contributed by atoms with Crippen LogP contribution in [0.3, 0.4) is 0 Å². The van der Waals surface area contributed by atoms with Gasteiger partial charge in [0.2, 0.25) is 0 Å². The Morgan fingerprint density at radius 3 is 2.52 bits per heavy atom. The Labute approximate surface area is 177 Å². The fourth-order valence-electron chi connectivity index (χ4n) is 3.19. The van der Waals surface area contributed by atoms with Crippen molar-refractivity contribution in [3.8, 4) is 5.75 Å². The van der Waals surface area contributed by atoms with Crippen LogP contribution in [-0.2, 0) is 0 Å². The zero-order valence-corrected chi connectivity index (χ0v) is 16.2. The van der Waals surface area contributed by atoms with Crippen molar-refractivity contribution in [1.29, 1.82) is 0 Å². The molecule has 7 nitrogen and oxygen atoms in total. The average molecular weight is 410 g/mol. The summed E-state index contributed by atoms with van der Waals surface area (Å²) in [6.07, 6.45) is 1.26. The third-order valence-corrected chi connectivity index (χ3v) is 4.72. The molecule has 0 radical (unpaired) electrons. The number of rotatable bonds is 5. The van der Waals surface area contributed by atoms with E-state index in [1.54, 1.807) is 24.3 Å². The molecule has 152 valence electrons. The van der Waals surface area contributed by atoms with Gasteiger partial charge >= 0.3 is 0 Å². The average Bonchev–Trinajstić information content (AvgIpc) is 2.78. The van der Waals surface area contributed by atoms with Crippen LogP contribution in [0, 0.1) is 10.1 Å². The van der Waals surface area contributed by atoms with Gasteiger partial charge in [0.25, 0.3) is 11.6 Å². The Bertz CT molecular complexity index is 1330. The van der Waals surface area contributed by atoms with Crippen molar-refractivity contribution in [2.45, 2.75) is 0 Å². The first-order valence-electron chi connectivity index (χ1n) is 9.40. The van der Waals surface area contributed by atoms with Crippen LogP contribution >= 0.6 is 0 Å². The Hall–Kier alpha value is -4.52. The highest BCUT2D eigenvalue weighted by atomic mass is 16.6. The predicted molar refractivity (Wildman–Crippen MR) is 118 cm³/mol. The first-order valence-corrected chi connectivity index (χ1v) is 9.40. The number of carbonyl (C=O) groups excluding carboxylic acids is 1. The maximum absolute atomic E-state index is 12.8. The van der Waals surface area contributed by atoms with E-state index in [0.29, 0.717) is 16.9 Å². The molecule has 0 fully saturated rings. The van der Waals surface area contributed by atoms with E-state index in [0.717, 1.165) is 16.8 Å². The van der Waals surface area contributed by atoms with Crippen LogP contribution in [0.2, 0.25) is 0 Å². The molecule has 0 saturated carbocycles. The van der Waals surface area contributed by atoms with Gasteiger partial charge in [0.15, 0.2) is 0 Å². The number of benzene rings is 4. The van der Waals surface area contributed by atoms with Gasteiger partial charge < -0.3 is 10.4 Å². The highest BCUT2D eigenvalue weighted by molar-refractivity contribution is 6.09. The van der Waals surface area contributed by atoms with Gasteiger partial charge in [-0.2, -0.15) is 0 Å². The molecule has 0 saturated heterocycles. The molecule has 0 bridgehead atoms. The lowest BCUT2D eigenvalue weighted by Gasteiger charge is -2.10. The van der Waals surface area contributed by atoms with E-state index in [1.807, 2.05) is 42.5 Å². The van der Waals surface area contributed by atoms with Crippen LogP contribution in [-0.4, -0.2) is 17.0 Å². The molecule has 4 rings (SSSR count). The van der Waals surface area contributed by atoms with Gasteiger partial charge in [-0.25, -0.2) is 0 Å². The number of hydrogen-bond donors (Lipinski definition) is 1. The van der Waals surface area contributed by atoms with Gasteiger partial charge in [-0.1, -0.05) is 54.6 Å². The van der Waals surface area contributed by atoms with Crippen molar-refractivity contribution in [2.24, 2.45) is 4.99 Å². The number of hydrogen-bond acceptors (Lipinski definition) is 5. The summed E-state index contributed by atoms with van der Waals surface area (Å²) in [5.74, 6) is -1.01. The Kier molecular flexibility index (Phi) is 5.40. The quantitative estimate of drug-likeness (QED) is 0.289. The van der Waals surface area contributed by atoms with Crippen LogP contribution in [0.25, 0.3) is 10.8 Å². The molecule has 7 heteroatoms. The molecule has 4 aromatic rings. The third kappa shape index (κ3) is 4.25. The number of carbonyl (C=O) groups is 1. The zero-order chi connectivity index (χ0) is 21.8. The third-order valence-electron chi connectivity index (χ3n) is 4.72. The number of nitro groups is 1. The number of anilines is 1. The lowest BCUT2D eigenvalue weighted by atomic mass is 10.1. The highest BCUT2D eigenvalue weighted by Crippen LogP contribution is 2.26. The molecule has 1 amide bonds. The van der Waals surface area contributed by atoms with Crippen LogP contribution in [0.15, 0.2) is 89.9 Å². The molecule has 31 heavy (non-hydrogen) atoms. The number of aliphatic imine (C=N–C) groups is 1. The highest BCUT2D eigenvalue weighted by Gasteiger charge is 2.10. The first kappa shape index (κ1) is 19.8. The Morgan fingerprint density at radius 1 is 0.935 bits per heavy atom. The number of nitrogens with one attached hydrogen (secondary N) is 1. The topological polar surface area (TPSA) is 108 Å². The fourth-order valence-corrected chi connectivity index (χ4v) is 3.19. The summed E-state index contributed by atoms with van der Waals surface area (Å²) in [4.78, 5) is 27.2. The van der Waals surface area contributed by atoms with E-state index in [2.05, 4.69) is 10.3 Å². The largest absolute Gasteiger partial charge is 0.867 e. The van der Waals surface area contributed by atoms with E-state index in [-0.39, 0.29) is 11.5 Å². The van der Waals surface area contributed by atoms with Crippen molar-refractivity contribution in [3.63, 3.8) is 0 Å². The second-order valence-corrected chi connectivity index (χ2v) is 6.74. The second-order valence-electron chi connectivity index (χ2n) is 6.74. The summed E-state index contributed by atoms with van der Waals surface area (Å²) in [7, 11) is 0. The van der Waals surface area contributed by atoms with Crippen molar-refractivity contribution in [2.75, 3.05) is 5.32 Å². The summed E-state index contributed by atoms with van der Waals surface area (Å²) in [6, 6.07) is 24.0. The van der Waals surface area contributed by atoms with E-state index in [9.17, 15) is 20.0 Å². The van der Waals surface area contributed by atoms with Crippen LogP contribution in [0.5, 0.6) is 5.75 Å². The number of nitro benzene ring substituents is 1. The molecule has 0 aromatic heterocycles. The molecule has 0 spiro atoms. The minimum Gasteiger partial charge on any atom is -0.867 e. The van der Waals surface area contributed by atoms with Gasteiger partial charge in [-0.15, -0.1) is 0 Å². The predicted octanol–water partition coefficient (Wildman–Crippen LogP) is 4.82. The maximum atomic E-state index is 12.8. The van der Waals surface area contributed by atoms with E-state index in [4.69, 9.17) is 0 Å². The smallest absolute Gasteiger partial charge is 0.262 e. The molecular formula is C24H16N3O4-. The summed E-state index contributed by atoms with van der Waals surface area (Å²) in [6.45, 7) is 0. The standard InChI is InChI=1S/C24H17N3O4/c28-23-18(9-5-13-22(23)27(30)31)15-25-19-10-3-8-17(14-19)24(29)26-21-12-4-7-16-6-1-2-11-20(16)21/h1-15,28H,(H,26,29)/p-1. The van der Waals surface area contributed by atoms with Gasteiger partial charge in [-0.05, 0) is 41.0 Å². The zero-order valence-electron chi connectivity index (χ0n) is 16.2. The summed E-state index contributed by atoms with van der Waals surface area (Å²) >= 11 is 0. The number of nitrogens with zero attached hydrogens (tertiary/aromatic N) is 2. The van der Waals surface area contributed by atoms with Crippen molar-refractivity contribution in [1.82, 2.24) is 0 Å². The summed E-state index contributed by atoms with van der Waals surface area (Å²) in [5.41, 5.74) is 1.12. The minimum absolute atomic E-state index is 0.0970. The van der Waals surface area contributed by atoms with Crippen molar-refractivity contribution >= 4 is 40.0 Å². The monoisotopic (exact) mass is 410 g/mol. The maximum Gasteiger partial charge on any atom is 0.262 e. The van der Waals surface area contributed by atoms with Crippen LogP contribution in [0.1, 0.15) is 15.9 Å². The molecule has 1 N–H and O–H groups in total. The van der Waals surface area contributed by atoms with Crippen molar-refractivity contribution < 1.29 is 14.8 Å². The molecule has 4 aromatic carbocycles. The molecule has 0 unspecified atom stereocenters. The van der Waals surface area contributed by atoms with Crippen molar-refractivity contribution in [3.05, 3.63) is 106 Å². The fraction of sp³-hybridized carbons (Fsp3) is 0. The Morgan fingerprint density at radius 2 is 1.68 bits per heavy atom. The number of fused-ring (bicyclic) bond motifs is 1. The van der Waals surface area contributed by atoms with Crippen LogP contribution < -0.4 is 10.4 Å². The molecule has 0 aliphatic heterocycles. The van der Waals surface area contributed by atoms with E-state index in [1.165, 1.54) is 18.3 Å². The van der Waals surface area contributed by atoms with Crippen LogP contribution in [0.4, 0.5) is 17.1 Å². The SMILES string of the molecule is O=C(Nc1cccc2ccccc12)c1cccc(N=Cc2cccc([N+](=O)[O-])c2[O-])c1. The lowest BCUT2D eigenvalue weighted by molar-refractivity contribution is -0.398. The molecule has 0 atom stereocenters. The van der Waals surface area contributed by atoms with Gasteiger partial charge in [-0.3, -0.25) is 19.9 Å². The lowest BCUT2D eigenvalue weighted by Crippen LogP contribution is -2.11. The Balaban J connectivity index is 1.57. The minimum atomic E-state index is -0.724. The van der Waals surface area contributed by atoms with Gasteiger partial charge in [0.05, 0.1) is 10.6 Å². The number of amides is 1. The molecular weight excluding hydrogens is 394 g/mol. The van der Waals surface area contributed by atoms with E-state index < -0.39 is 16.4 Å². The molecule has 0 aliphatic rings. The normalized spacial score (nSPS) is 11.0. The summed E-state index contributed by atoms with van der Waals surface area (Å²) in [5, 5.41) is 27.9. The second kappa shape index (κ2) is 8.46. The summed E-state index contributed by atoms with van der Waals surface area (Å²) < 4.78 is 0. The van der Waals surface area contributed by atoms with E-state index >= 15 is 0 Å². The van der Waals surface area contributed by atoms with Gasteiger partial charge in [0, 0.05) is 28.9 Å². The molecule has 0 heterocycles.